The molecule has 0 aromatic carbocycles. The van der Waals surface area contributed by atoms with E-state index in [2.05, 4.69) is 31.4 Å². The van der Waals surface area contributed by atoms with Crippen molar-refractivity contribution in [2.75, 3.05) is 13.1 Å². The molecule has 10 heteroatoms. The quantitative estimate of drug-likeness (QED) is 0.615. The van der Waals surface area contributed by atoms with E-state index in [1.807, 2.05) is 6.92 Å². The van der Waals surface area contributed by atoms with E-state index in [1.54, 1.807) is 0 Å². The lowest BCUT2D eigenvalue weighted by atomic mass is 10.00. The summed E-state index contributed by atoms with van der Waals surface area (Å²) in [6, 6.07) is 0. The molecule has 0 bridgehead atoms. The third-order valence-electron chi connectivity index (χ3n) is 3.11. The summed E-state index contributed by atoms with van der Waals surface area (Å²) < 4.78 is 27.8. The highest BCUT2D eigenvalue weighted by Gasteiger charge is 2.35. The SMILES string of the molecule is CC1CN(S(=O)(=O)c2c(Br)nnn2C)CCC1=NO. The van der Waals surface area contributed by atoms with Crippen LogP contribution in [-0.4, -0.2) is 51.7 Å². The predicted octanol–water partition coefficient (Wildman–Crippen LogP) is 0.438. The lowest BCUT2D eigenvalue weighted by molar-refractivity contribution is 0.300. The fraction of sp³-hybridized carbons (Fsp3) is 0.667. The highest BCUT2D eigenvalue weighted by molar-refractivity contribution is 9.10. The van der Waals surface area contributed by atoms with Crippen LogP contribution >= 0.6 is 15.9 Å². The molecule has 8 nitrogen and oxygen atoms in total. The van der Waals surface area contributed by atoms with Gasteiger partial charge in [-0.25, -0.2) is 13.1 Å². The fourth-order valence-corrected chi connectivity index (χ4v) is 4.63. The number of hydrogen-bond acceptors (Lipinski definition) is 6. The van der Waals surface area contributed by atoms with Gasteiger partial charge in [-0.1, -0.05) is 17.3 Å². The van der Waals surface area contributed by atoms with Gasteiger partial charge in [0.15, 0.2) is 4.60 Å². The van der Waals surface area contributed by atoms with Gasteiger partial charge in [-0.15, -0.1) is 5.10 Å². The largest absolute Gasteiger partial charge is 0.411 e. The van der Waals surface area contributed by atoms with Crippen molar-refractivity contribution in [3.05, 3.63) is 4.60 Å². The Kier molecular flexibility index (Phi) is 3.92. The molecule has 19 heavy (non-hydrogen) atoms. The molecular weight excluding hydrogens is 338 g/mol. The first-order valence-corrected chi connectivity index (χ1v) is 7.87. The highest BCUT2D eigenvalue weighted by atomic mass is 79.9. The van der Waals surface area contributed by atoms with E-state index in [1.165, 1.54) is 16.0 Å². The maximum atomic E-state index is 12.5. The summed E-state index contributed by atoms with van der Waals surface area (Å²) >= 11 is 3.10. The van der Waals surface area contributed by atoms with Crippen LogP contribution in [0, 0.1) is 5.92 Å². The summed E-state index contributed by atoms with van der Waals surface area (Å²) in [6.07, 6.45) is 0.416. The van der Waals surface area contributed by atoms with Gasteiger partial charge in [-0.05, 0) is 15.9 Å². The van der Waals surface area contributed by atoms with Gasteiger partial charge in [-0.3, -0.25) is 0 Å². The minimum Gasteiger partial charge on any atom is -0.411 e. The molecule has 0 spiro atoms. The predicted molar refractivity (Wildman–Crippen MR) is 70.5 cm³/mol. The van der Waals surface area contributed by atoms with Crippen LogP contribution in [0.2, 0.25) is 0 Å². The number of aryl methyl sites for hydroxylation is 1. The van der Waals surface area contributed by atoms with Crippen molar-refractivity contribution in [1.29, 1.82) is 0 Å². The minimum absolute atomic E-state index is 0.0316. The van der Waals surface area contributed by atoms with Crippen molar-refractivity contribution in [3.63, 3.8) is 0 Å². The normalized spacial score (nSPS) is 23.9. The van der Waals surface area contributed by atoms with Crippen molar-refractivity contribution in [2.24, 2.45) is 18.1 Å². The second-order valence-electron chi connectivity index (χ2n) is 4.41. The van der Waals surface area contributed by atoms with E-state index in [4.69, 9.17) is 5.21 Å². The fourth-order valence-electron chi connectivity index (χ4n) is 2.07. The second kappa shape index (κ2) is 5.17. The molecule has 2 heterocycles. The summed E-state index contributed by atoms with van der Waals surface area (Å²) in [5.74, 6) is -0.117. The van der Waals surface area contributed by atoms with Crippen molar-refractivity contribution >= 4 is 31.7 Å². The van der Waals surface area contributed by atoms with Crippen LogP contribution in [-0.2, 0) is 17.1 Å². The number of halogens is 1. The molecule has 1 aromatic rings. The van der Waals surface area contributed by atoms with Crippen molar-refractivity contribution in [3.8, 4) is 0 Å². The number of nitrogens with zero attached hydrogens (tertiary/aromatic N) is 5. The minimum atomic E-state index is -3.66. The monoisotopic (exact) mass is 351 g/mol. The van der Waals surface area contributed by atoms with Gasteiger partial charge in [0, 0.05) is 32.5 Å². The van der Waals surface area contributed by atoms with Crippen LogP contribution in [0.5, 0.6) is 0 Å². The van der Waals surface area contributed by atoms with Gasteiger partial charge < -0.3 is 5.21 Å². The summed E-state index contributed by atoms with van der Waals surface area (Å²) in [5.41, 5.74) is 0.619. The molecule has 0 saturated carbocycles. The summed E-state index contributed by atoms with van der Waals surface area (Å²) in [4.78, 5) is 0. The van der Waals surface area contributed by atoms with E-state index in [0.29, 0.717) is 12.1 Å². The van der Waals surface area contributed by atoms with E-state index < -0.39 is 10.0 Å². The number of rotatable bonds is 2. The standard InChI is InChI=1S/C9H14BrN5O3S/c1-6-5-15(4-3-7(6)12-16)19(17,18)9-8(10)11-13-14(9)2/h6,16H,3-5H2,1-2H3. The first-order valence-electron chi connectivity index (χ1n) is 5.64. The summed E-state index contributed by atoms with van der Waals surface area (Å²) in [5, 5.41) is 19.4. The zero-order valence-electron chi connectivity index (χ0n) is 10.5. The molecule has 0 aliphatic carbocycles. The molecule has 1 unspecified atom stereocenters. The van der Waals surface area contributed by atoms with Gasteiger partial charge >= 0.3 is 0 Å². The van der Waals surface area contributed by atoms with Crippen LogP contribution in [0.3, 0.4) is 0 Å². The smallest absolute Gasteiger partial charge is 0.263 e. The molecule has 1 saturated heterocycles. The molecule has 2 rings (SSSR count). The van der Waals surface area contributed by atoms with Crippen molar-refractivity contribution < 1.29 is 13.6 Å². The molecule has 1 atom stereocenters. The Hall–Kier alpha value is -1.00. The molecule has 1 fully saturated rings. The van der Waals surface area contributed by atoms with E-state index >= 15 is 0 Å². The van der Waals surface area contributed by atoms with Crippen LogP contribution in [0.1, 0.15) is 13.3 Å². The molecule has 1 N–H and O–H groups in total. The topological polar surface area (TPSA) is 101 Å². The zero-order valence-corrected chi connectivity index (χ0v) is 12.9. The third kappa shape index (κ3) is 2.51. The lowest BCUT2D eigenvalue weighted by Crippen LogP contribution is -2.43. The summed E-state index contributed by atoms with van der Waals surface area (Å²) in [6.45, 7) is 2.39. The van der Waals surface area contributed by atoms with Crippen LogP contribution in [0.25, 0.3) is 0 Å². The Labute approximate surface area is 119 Å². The van der Waals surface area contributed by atoms with Crippen LogP contribution < -0.4 is 0 Å². The second-order valence-corrected chi connectivity index (χ2v) is 7.02. The Bertz CT molecular complexity index is 592. The molecule has 106 valence electrons. The number of piperidine rings is 1. The number of oxime groups is 1. The number of hydrogen-bond donors (Lipinski definition) is 1. The lowest BCUT2D eigenvalue weighted by Gasteiger charge is -2.30. The zero-order chi connectivity index (χ0) is 14.2. The molecule has 1 aliphatic rings. The highest BCUT2D eigenvalue weighted by Crippen LogP contribution is 2.25. The Balaban J connectivity index is 2.32. The molecular formula is C9H14BrN5O3S. The number of aromatic nitrogens is 3. The molecule has 1 aromatic heterocycles. The average Bonchev–Trinajstić information content (AvgIpc) is 2.69. The first-order chi connectivity index (χ1) is 8.87. The Morgan fingerprint density at radius 3 is 2.68 bits per heavy atom. The van der Waals surface area contributed by atoms with Crippen molar-refractivity contribution in [2.45, 2.75) is 18.4 Å². The van der Waals surface area contributed by atoms with Gasteiger partial charge in [0.05, 0.1) is 5.71 Å². The third-order valence-corrected chi connectivity index (χ3v) is 5.87. The Morgan fingerprint density at radius 2 is 2.21 bits per heavy atom. The van der Waals surface area contributed by atoms with Crippen LogP contribution in [0.15, 0.2) is 14.8 Å². The van der Waals surface area contributed by atoms with Gasteiger partial charge in [0.25, 0.3) is 10.0 Å². The molecule has 0 radical (unpaired) electrons. The van der Waals surface area contributed by atoms with Crippen molar-refractivity contribution in [1.82, 2.24) is 19.3 Å². The molecule has 0 amide bonds. The molecule has 1 aliphatic heterocycles. The average molecular weight is 352 g/mol. The number of sulfonamides is 1. The van der Waals surface area contributed by atoms with E-state index in [-0.39, 0.29) is 28.6 Å². The van der Waals surface area contributed by atoms with Gasteiger partial charge in [0.1, 0.15) is 0 Å². The van der Waals surface area contributed by atoms with E-state index in [0.717, 1.165) is 0 Å². The first kappa shape index (κ1) is 14.4. The maximum Gasteiger partial charge on any atom is 0.263 e. The summed E-state index contributed by atoms with van der Waals surface area (Å²) in [7, 11) is -2.13. The van der Waals surface area contributed by atoms with Crippen LogP contribution in [0.4, 0.5) is 0 Å². The Morgan fingerprint density at radius 1 is 1.53 bits per heavy atom. The van der Waals surface area contributed by atoms with E-state index in [9.17, 15) is 8.42 Å². The van der Waals surface area contributed by atoms with Gasteiger partial charge in [-0.2, -0.15) is 4.31 Å². The maximum absolute atomic E-state index is 12.5. The van der Waals surface area contributed by atoms with Gasteiger partial charge in [0.2, 0.25) is 5.03 Å².